The van der Waals surface area contributed by atoms with Crippen molar-refractivity contribution in [2.24, 2.45) is 0 Å². The standard InChI is InChI=1S/C28H27F4NO4/c1-27(2,3)37-25(26(34)35-4)24-20(28(30,31)32)9-8-19(18-11-12-33-15-21(18)29)23(24)17-7-10-22-16(14-17)6-5-13-36-22/h7-12,14-15,25H,5-6,13H2,1-4H3. The summed E-state index contributed by atoms with van der Waals surface area (Å²) in [6, 6.07) is 8.44. The van der Waals surface area contributed by atoms with Crippen LogP contribution < -0.4 is 4.74 Å². The Morgan fingerprint density at radius 3 is 2.49 bits per heavy atom. The van der Waals surface area contributed by atoms with Crippen molar-refractivity contribution in [3.8, 4) is 28.0 Å². The summed E-state index contributed by atoms with van der Waals surface area (Å²) in [5, 5.41) is 0. The van der Waals surface area contributed by atoms with Crippen LogP contribution in [0.3, 0.4) is 0 Å². The topological polar surface area (TPSA) is 57.7 Å². The highest BCUT2D eigenvalue weighted by atomic mass is 19.4. The fraction of sp³-hybridized carbons (Fsp3) is 0.357. The van der Waals surface area contributed by atoms with Gasteiger partial charge in [-0.15, -0.1) is 0 Å². The first-order chi connectivity index (χ1) is 17.4. The first kappa shape index (κ1) is 26.6. The van der Waals surface area contributed by atoms with E-state index < -0.39 is 40.8 Å². The smallest absolute Gasteiger partial charge is 0.416 e. The van der Waals surface area contributed by atoms with Crippen molar-refractivity contribution in [3.05, 3.63) is 71.3 Å². The molecule has 0 bridgehead atoms. The van der Waals surface area contributed by atoms with Gasteiger partial charge in [0.2, 0.25) is 0 Å². The van der Waals surface area contributed by atoms with Gasteiger partial charge in [0.25, 0.3) is 0 Å². The Morgan fingerprint density at radius 1 is 1.08 bits per heavy atom. The van der Waals surface area contributed by atoms with Crippen LogP contribution in [0.1, 0.15) is 50.0 Å². The lowest BCUT2D eigenvalue weighted by atomic mass is 9.84. The lowest BCUT2D eigenvalue weighted by Gasteiger charge is -2.31. The van der Waals surface area contributed by atoms with Crippen LogP contribution >= 0.6 is 0 Å². The lowest BCUT2D eigenvalue weighted by molar-refractivity contribution is -0.166. The predicted molar refractivity (Wildman–Crippen MR) is 129 cm³/mol. The maximum absolute atomic E-state index is 15.0. The van der Waals surface area contributed by atoms with E-state index in [1.165, 1.54) is 18.3 Å². The van der Waals surface area contributed by atoms with Crippen molar-refractivity contribution in [1.29, 1.82) is 0 Å². The third-order valence-electron chi connectivity index (χ3n) is 5.96. The highest BCUT2D eigenvalue weighted by molar-refractivity contribution is 5.91. The molecule has 3 aromatic rings. The number of pyridine rings is 1. The number of nitrogens with zero attached hydrogens (tertiary/aromatic N) is 1. The number of benzene rings is 2. The van der Waals surface area contributed by atoms with Crippen molar-refractivity contribution in [1.82, 2.24) is 4.98 Å². The Balaban J connectivity index is 2.14. The highest BCUT2D eigenvalue weighted by Gasteiger charge is 2.42. The summed E-state index contributed by atoms with van der Waals surface area (Å²) in [6.07, 6.45) is -2.84. The van der Waals surface area contributed by atoms with Crippen LogP contribution in [0.5, 0.6) is 5.75 Å². The number of fused-ring (bicyclic) bond motifs is 1. The minimum Gasteiger partial charge on any atom is -0.493 e. The molecule has 37 heavy (non-hydrogen) atoms. The Hall–Kier alpha value is -3.46. The second kappa shape index (κ2) is 10.1. The predicted octanol–water partition coefficient (Wildman–Crippen LogP) is 6.93. The maximum atomic E-state index is 15.0. The molecule has 1 aliphatic heterocycles. The van der Waals surface area contributed by atoms with Crippen LogP contribution in [0.4, 0.5) is 17.6 Å². The Bertz CT molecular complexity index is 1310. The van der Waals surface area contributed by atoms with E-state index in [0.29, 0.717) is 24.3 Å². The Labute approximate surface area is 212 Å². The summed E-state index contributed by atoms with van der Waals surface area (Å²) in [5.74, 6) is -1.09. The number of alkyl halides is 3. The van der Waals surface area contributed by atoms with Gasteiger partial charge >= 0.3 is 12.1 Å². The monoisotopic (exact) mass is 517 g/mol. The summed E-state index contributed by atoms with van der Waals surface area (Å²) in [5.41, 5.74) is -1.15. The van der Waals surface area contributed by atoms with E-state index in [1.54, 1.807) is 39.0 Å². The van der Waals surface area contributed by atoms with E-state index in [0.717, 1.165) is 31.4 Å². The molecule has 0 saturated carbocycles. The number of rotatable bonds is 5. The number of carbonyl (C=O) groups is 1. The van der Waals surface area contributed by atoms with Crippen LogP contribution in [-0.4, -0.2) is 30.3 Å². The number of methoxy groups -OCH3 is 1. The van der Waals surface area contributed by atoms with Crippen molar-refractivity contribution in [3.63, 3.8) is 0 Å². The zero-order valence-corrected chi connectivity index (χ0v) is 20.9. The molecule has 0 amide bonds. The molecule has 2 aromatic carbocycles. The Kier molecular flexibility index (Phi) is 7.28. The molecule has 0 fully saturated rings. The van der Waals surface area contributed by atoms with Crippen molar-refractivity contribution in [2.75, 3.05) is 13.7 Å². The van der Waals surface area contributed by atoms with Gasteiger partial charge in [0.1, 0.15) is 11.6 Å². The molecule has 0 aliphatic carbocycles. The molecule has 9 heteroatoms. The van der Waals surface area contributed by atoms with Gasteiger partial charge in [-0.1, -0.05) is 12.1 Å². The number of halogens is 4. The second-order valence-electron chi connectivity index (χ2n) is 9.71. The van der Waals surface area contributed by atoms with E-state index in [1.807, 2.05) is 0 Å². The fourth-order valence-electron chi connectivity index (χ4n) is 4.47. The number of ether oxygens (including phenoxy) is 3. The first-order valence-electron chi connectivity index (χ1n) is 11.8. The Morgan fingerprint density at radius 2 is 1.84 bits per heavy atom. The van der Waals surface area contributed by atoms with Crippen LogP contribution in [0.25, 0.3) is 22.3 Å². The van der Waals surface area contributed by atoms with Gasteiger partial charge in [-0.25, -0.2) is 9.18 Å². The summed E-state index contributed by atoms with van der Waals surface area (Å²) >= 11 is 0. The fourth-order valence-corrected chi connectivity index (χ4v) is 4.47. The molecule has 1 atom stereocenters. The number of aromatic nitrogens is 1. The zero-order valence-electron chi connectivity index (χ0n) is 20.9. The molecule has 5 nitrogen and oxygen atoms in total. The van der Waals surface area contributed by atoms with Crippen LogP contribution in [-0.2, 0) is 26.9 Å². The number of hydrogen-bond acceptors (Lipinski definition) is 5. The number of carbonyl (C=O) groups excluding carboxylic acids is 1. The van der Waals surface area contributed by atoms with Gasteiger partial charge in [0.15, 0.2) is 6.10 Å². The summed E-state index contributed by atoms with van der Waals surface area (Å²) in [4.78, 5) is 16.7. The molecule has 0 spiro atoms. The van der Waals surface area contributed by atoms with Crippen LogP contribution in [0.15, 0.2) is 48.8 Å². The molecule has 1 aliphatic rings. The lowest BCUT2D eigenvalue weighted by Crippen LogP contribution is -2.30. The van der Waals surface area contributed by atoms with Gasteiger partial charge < -0.3 is 14.2 Å². The van der Waals surface area contributed by atoms with Gasteiger partial charge in [0.05, 0.1) is 31.1 Å². The normalized spacial score (nSPS) is 14.5. The van der Waals surface area contributed by atoms with E-state index in [-0.39, 0.29) is 16.7 Å². The third kappa shape index (κ3) is 5.61. The summed E-state index contributed by atoms with van der Waals surface area (Å²) < 4.78 is 74.9. The molecule has 1 unspecified atom stereocenters. The van der Waals surface area contributed by atoms with Crippen molar-refractivity contribution in [2.45, 2.75) is 51.5 Å². The molecule has 0 N–H and O–H groups in total. The van der Waals surface area contributed by atoms with E-state index in [9.17, 15) is 22.4 Å². The summed E-state index contributed by atoms with van der Waals surface area (Å²) in [7, 11) is 1.08. The van der Waals surface area contributed by atoms with Gasteiger partial charge in [-0.2, -0.15) is 13.2 Å². The van der Waals surface area contributed by atoms with Crippen molar-refractivity contribution < 1.29 is 36.6 Å². The van der Waals surface area contributed by atoms with Gasteiger partial charge in [-0.05, 0) is 80.1 Å². The molecule has 0 saturated heterocycles. The third-order valence-corrected chi connectivity index (χ3v) is 5.96. The number of aryl methyl sites for hydroxylation is 1. The quantitative estimate of drug-likeness (QED) is 0.271. The van der Waals surface area contributed by atoms with Gasteiger partial charge in [0, 0.05) is 17.3 Å². The minimum atomic E-state index is -4.84. The molecule has 4 rings (SSSR count). The molecule has 1 aromatic heterocycles. The van der Waals surface area contributed by atoms with Crippen molar-refractivity contribution >= 4 is 5.97 Å². The zero-order chi connectivity index (χ0) is 27.0. The molecule has 0 radical (unpaired) electrons. The van der Waals surface area contributed by atoms with Gasteiger partial charge in [-0.3, -0.25) is 4.98 Å². The molecule has 196 valence electrons. The van der Waals surface area contributed by atoms with E-state index >= 15 is 0 Å². The number of esters is 1. The first-order valence-corrected chi connectivity index (χ1v) is 11.8. The number of hydrogen-bond donors (Lipinski definition) is 0. The minimum absolute atomic E-state index is 0.0212. The van der Waals surface area contributed by atoms with Crippen LogP contribution in [0.2, 0.25) is 0 Å². The highest BCUT2D eigenvalue weighted by Crippen LogP contribution is 2.47. The average Bonchev–Trinajstić information content (AvgIpc) is 2.85. The SMILES string of the molecule is COC(=O)C(OC(C)(C)C)c1c(C(F)(F)F)ccc(-c2ccncc2F)c1-c1ccc2c(c1)CCCO2. The molecular weight excluding hydrogens is 490 g/mol. The maximum Gasteiger partial charge on any atom is 0.416 e. The molecule has 2 heterocycles. The molecular formula is C28H27F4NO4. The average molecular weight is 518 g/mol. The summed E-state index contributed by atoms with van der Waals surface area (Å²) in [6.45, 7) is 5.41. The van der Waals surface area contributed by atoms with E-state index in [4.69, 9.17) is 14.2 Å². The second-order valence-corrected chi connectivity index (χ2v) is 9.71. The van der Waals surface area contributed by atoms with E-state index in [2.05, 4.69) is 4.98 Å². The largest absolute Gasteiger partial charge is 0.493 e. The van der Waals surface area contributed by atoms with Crippen LogP contribution in [0, 0.1) is 5.82 Å².